The highest BCUT2D eigenvalue weighted by Crippen LogP contribution is 2.31. The molecule has 24 heavy (non-hydrogen) atoms. The molecular weight excluding hydrogens is 309 g/mol. The number of halogens is 1. The Bertz CT molecular complexity index is 884. The number of carbonyl (C=O) groups excluding carboxylic acids is 2. The Morgan fingerprint density at radius 2 is 1.88 bits per heavy atom. The van der Waals surface area contributed by atoms with Crippen LogP contribution in [0.25, 0.3) is 11.8 Å². The van der Waals surface area contributed by atoms with Crippen molar-refractivity contribution in [2.24, 2.45) is 0 Å². The van der Waals surface area contributed by atoms with E-state index in [0.717, 1.165) is 6.42 Å². The highest BCUT2D eigenvalue weighted by Gasteiger charge is 2.27. The van der Waals surface area contributed by atoms with E-state index >= 15 is 0 Å². The van der Waals surface area contributed by atoms with Gasteiger partial charge in [-0.3, -0.25) is 4.79 Å². The molecule has 4 nitrogen and oxygen atoms in total. The van der Waals surface area contributed by atoms with E-state index in [1.54, 1.807) is 35.2 Å². The molecule has 0 aromatic heterocycles. The van der Waals surface area contributed by atoms with Crippen molar-refractivity contribution in [2.75, 3.05) is 13.1 Å². The second-order valence-electron chi connectivity index (χ2n) is 5.83. The maximum atomic E-state index is 14.0. The summed E-state index contributed by atoms with van der Waals surface area (Å²) in [5.41, 5.74) is 1.85. The summed E-state index contributed by atoms with van der Waals surface area (Å²) in [6.45, 7) is 1.32. The predicted molar refractivity (Wildman–Crippen MR) is 86.6 cm³/mol. The zero-order chi connectivity index (χ0) is 16.7. The van der Waals surface area contributed by atoms with Gasteiger partial charge in [0.25, 0.3) is 5.91 Å². The van der Waals surface area contributed by atoms with Crippen LogP contribution in [0, 0.1) is 5.82 Å². The average Bonchev–Trinajstić information content (AvgIpc) is 2.84. The molecular formula is C19H14FNO3. The Labute approximate surface area is 138 Å². The quantitative estimate of drug-likeness (QED) is 0.796. The fourth-order valence-electron chi connectivity index (χ4n) is 2.83. The molecule has 1 fully saturated rings. The number of benzene rings is 2. The second-order valence-corrected chi connectivity index (χ2v) is 5.83. The van der Waals surface area contributed by atoms with Crippen LogP contribution in [0.1, 0.15) is 38.3 Å². The molecule has 0 saturated carbocycles. The number of likely N-dealkylation sites (tertiary alicyclic amines) is 1. The van der Waals surface area contributed by atoms with Crippen LogP contribution >= 0.6 is 0 Å². The van der Waals surface area contributed by atoms with Gasteiger partial charge in [-0.15, -0.1) is 0 Å². The third kappa shape index (κ3) is 2.38. The molecule has 0 spiro atoms. The summed E-state index contributed by atoms with van der Waals surface area (Å²) in [5, 5.41) is 0. The van der Waals surface area contributed by atoms with Gasteiger partial charge in [0.05, 0.1) is 11.1 Å². The van der Waals surface area contributed by atoms with Crippen LogP contribution in [-0.4, -0.2) is 29.9 Å². The number of ether oxygens (including phenoxy) is 1. The molecule has 120 valence electrons. The van der Waals surface area contributed by atoms with E-state index in [-0.39, 0.29) is 11.5 Å². The number of esters is 1. The number of carbonyl (C=O) groups is 2. The van der Waals surface area contributed by atoms with E-state index in [0.29, 0.717) is 35.5 Å². The number of rotatable bonds is 2. The van der Waals surface area contributed by atoms with Gasteiger partial charge in [-0.1, -0.05) is 24.3 Å². The van der Waals surface area contributed by atoms with E-state index in [2.05, 4.69) is 0 Å². The fraction of sp³-hybridized carbons (Fsp3) is 0.158. The van der Waals surface area contributed by atoms with Gasteiger partial charge in [-0.05, 0) is 36.3 Å². The molecule has 4 rings (SSSR count). The summed E-state index contributed by atoms with van der Waals surface area (Å²) in [6.07, 6.45) is 2.60. The molecule has 2 aromatic carbocycles. The molecule has 5 heteroatoms. The van der Waals surface area contributed by atoms with Gasteiger partial charge in [0.15, 0.2) is 0 Å². The molecule has 2 aromatic rings. The normalized spacial score (nSPS) is 17.5. The van der Waals surface area contributed by atoms with Crippen molar-refractivity contribution in [1.82, 2.24) is 4.90 Å². The summed E-state index contributed by atoms with van der Waals surface area (Å²) in [5.74, 6) is -0.846. The highest BCUT2D eigenvalue weighted by atomic mass is 19.1. The molecule has 0 radical (unpaired) electrons. The zero-order valence-electron chi connectivity index (χ0n) is 12.8. The fourth-order valence-corrected chi connectivity index (χ4v) is 2.83. The third-order valence-corrected chi connectivity index (χ3v) is 4.28. The first-order valence-corrected chi connectivity index (χ1v) is 7.75. The first-order chi connectivity index (χ1) is 11.6. The van der Waals surface area contributed by atoms with E-state index in [1.807, 2.05) is 6.07 Å². The summed E-state index contributed by atoms with van der Waals surface area (Å²) in [7, 11) is 0. The molecule has 0 N–H and O–H groups in total. The van der Waals surface area contributed by atoms with E-state index in [4.69, 9.17) is 4.74 Å². The van der Waals surface area contributed by atoms with Crippen molar-refractivity contribution in [3.05, 3.63) is 70.5 Å². The lowest BCUT2D eigenvalue weighted by Gasteiger charge is -2.31. The lowest BCUT2D eigenvalue weighted by molar-refractivity contribution is 0.0646. The summed E-state index contributed by atoms with van der Waals surface area (Å²) in [6, 6.07) is 11.4. The lowest BCUT2D eigenvalue weighted by Crippen LogP contribution is -2.42. The number of cyclic esters (lactones) is 1. The van der Waals surface area contributed by atoms with Gasteiger partial charge in [-0.25, -0.2) is 9.18 Å². The number of hydrogen-bond acceptors (Lipinski definition) is 3. The minimum Gasteiger partial charge on any atom is -0.422 e. The van der Waals surface area contributed by atoms with E-state index in [1.165, 1.54) is 12.1 Å². The monoisotopic (exact) mass is 323 g/mol. The average molecular weight is 323 g/mol. The Hall–Kier alpha value is -2.95. The van der Waals surface area contributed by atoms with Gasteiger partial charge in [-0.2, -0.15) is 0 Å². The van der Waals surface area contributed by atoms with Crippen LogP contribution < -0.4 is 0 Å². The maximum Gasteiger partial charge on any atom is 0.344 e. The number of nitrogens with zero attached hydrogens (tertiary/aromatic N) is 1. The molecule has 2 heterocycles. The van der Waals surface area contributed by atoms with Crippen LogP contribution in [0.2, 0.25) is 0 Å². The van der Waals surface area contributed by atoms with Crippen molar-refractivity contribution in [3.63, 3.8) is 0 Å². The smallest absolute Gasteiger partial charge is 0.344 e. The predicted octanol–water partition coefficient (Wildman–Crippen LogP) is 3.34. The first-order valence-electron chi connectivity index (χ1n) is 7.75. The maximum absolute atomic E-state index is 14.0. The van der Waals surface area contributed by atoms with Crippen LogP contribution in [0.3, 0.4) is 0 Å². The van der Waals surface area contributed by atoms with Gasteiger partial charge < -0.3 is 9.64 Å². The van der Waals surface area contributed by atoms with E-state index in [9.17, 15) is 14.0 Å². The first kappa shape index (κ1) is 14.6. The van der Waals surface area contributed by atoms with Crippen LogP contribution in [-0.2, 0) is 4.74 Å². The van der Waals surface area contributed by atoms with Crippen LogP contribution in [0.5, 0.6) is 0 Å². The lowest BCUT2D eigenvalue weighted by atomic mass is 10.0. The molecule has 0 aliphatic carbocycles. The summed E-state index contributed by atoms with van der Waals surface area (Å²) < 4.78 is 19.3. The summed E-state index contributed by atoms with van der Waals surface area (Å²) >= 11 is 0. The molecule has 0 unspecified atom stereocenters. The Balaban J connectivity index is 1.71. The zero-order valence-corrected chi connectivity index (χ0v) is 12.8. The molecule has 2 aliphatic heterocycles. The van der Waals surface area contributed by atoms with Crippen molar-refractivity contribution < 1.29 is 18.7 Å². The number of fused-ring (bicyclic) bond motifs is 1. The van der Waals surface area contributed by atoms with Crippen LogP contribution in [0.4, 0.5) is 4.39 Å². The Morgan fingerprint density at radius 1 is 1.12 bits per heavy atom. The van der Waals surface area contributed by atoms with Gasteiger partial charge >= 0.3 is 5.97 Å². The largest absolute Gasteiger partial charge is 0.422 e. The van der Waals surface area contributed by atoms with Crippen molar-refractivity contribution in [1.29, 1.82) is 0 Å². The van der Waals surface area contributed by atoms with Gasteiger partial charge in [0.1, 0.15) is 11.6 Å². The standard InChI is InChI=1S/C19H14FNO3/c20-16-7-6-12(10-15(16)18(22)21-8-3-9-21)11-17-13-4-1-2-5-14(13)19(23)24-17/h1-2,4-7,10-11H,3,8-9H2. The minimum absolute atomic E-state index is 0.0432. The minimum atomic E-state index is -0.544. The number of amides is 1. The third-order valence-electron chi connectivity index (χ3n) is 4.28. The molecule has 2 aliphatic rings. The highest BCUT2D eigenvalue weighted by molar-refractivity contribution is 6.05. The molecule has 1 amide bonds. The van der Waals surface area contributed by atoms with Crippen LogP contribution in [0.15, 0.2) is 42.5 Å². The van der Waals surface area contributed by atoms with Crippen molar-refractivity contribution >= 4 is 23.7 Å². The molecule has 0 atom stereocenters. The second kappa shape index (κ2) is 5.60. The Morgan fingerprint density at radius 3 is 2.58 bits per heavy atom. The topological polar surface area (TPSA) is 46.6 Å². The summed E-state index contributed by atoms with van der Waals surface area (Å²) in [4.78, 5) is 25.7. The van der Waals surface area contributed by atoms with Crippen molar-refractivity contribution in [3.8, 4) is 0 Å². The SMILES string of the molecule is O=C1OC(=Cc2ccc(F)c(C(=O)N3CCC3)c2)c2ccccc21. The van der Waals surface area contributed by atoms with Crippen molar-refractivity contribution in [2.45, 2.75) is 6.42 Å². The Kier molecular flexibility index (Phi) is 3.41. The molecule has 0 bridgehead atoms. The van der Waals surface area contributed by atoms with E-state index < -0.39 is 11.8 Å². The van der Waals surface area contributed by atoms with Gasteiger partial charge in [0.2, 0.25) is 0 Å². The van der Waals surface area contributed by atoms with Gasteiger partial charge in [0, 0.05) is 18.7 Å². The molecule has 1 saturated heterocycles. The number of hydrogen-bond donors (Lipinski definition) is 0.